The van der Waals surface area contributed by atoms with E-state index in [1.54, 1.807) is 0 Å². The molecule has 0 aliphatic carbocycles. The smallest absolute Gasteiger partial charge is 0.311 e. The largest absolute Gasteiger partial charge is 0.469 e. The molecule has 0 aliphatic heterocycles. The number of aliphatic hydroxyl groups is 1. The molecule has 0 heterocycles. The van der Waals surface area contributed by atoms with Crippen molar-refractivity contribution in [3.63, 3.8) is 0 Å². The average molecular weight is 365 g/mol. The highest BCUT2D eigenvalue weighted by molar-refractivity contribution is 7.41. The molecule has 0 spiro atoms. The van der Waals surface area contributed by atoms with Crippen molar-refractivity contribution in [3.05, 3.63) is 46.4 Å². The van der Waals surface area contributed by atoms with Crippen LogP contribution in [0.25, 0.3) is 0 Å². The van der Waals surface area contributed by atoms with Crippen LogP contribution in [-0.4, -0.2) is 24.3 Å². The highest BCUT2D eigenvalue weighted by atomic mass is 31.1. The second-order valence-corrected chi connectivity index (χ2v) is 8.33. The van der Waals surface area contributed by atoms with Crippen molar-refractivity contribution in [2.24, 2.45) is 11.1 Å². The van der Waals surface area contributed by atoms with E-state index in [4.69, 9.17) is 10.5 Å². The van der Waals surface area contributed by atoms with E-state index < -0.39 is 5.41 Å². The van der Waals surface area contributed by atoms with E-state index in [1.807, 2.05) is 39.0 Å². The minimum Gasteiger partial charge on any atom is -0.469 e. The Morgan fingerprint density at radius 1 is 1.44 bits per heavy atom. The third-order valence-corrected chi connectivity index (χ3v) is 5.72. The molecule has 0 aliphatic rings. The van der Waals surface area contributed by atoms with Gasteiger partial charge in [-0.05, 0) is 68.2 Å². The van der Waals surface area contributed by atoms with Crippen molar-refractivity contribution >= 4 is 14.6 Å². The number of hydrogen-bond donors (Lipinski definition) is 2. The molecule has 1 aromatic rings. The number of hydrogen-bond acceptors (Lipinski definition) is 4. The van der Waals surface area contributed by atoms with Gasteiger partial charge in [0.2, 0.25) is 0 Å². The van der Waals surface area contributed by atoms with Crippen molar-refractivity contribution in [1.29, 1.82) is 0 Å². The Hall–Kier alpha value is -1.38. The van der Waals surface area contributed by atoms with E-state index in [9.17, 15) is 9.90 Å². The van der Waals surface area contributed by atoms with Gasteiger partial charge in [-0.15, -0.1) is 0 Å². The number of rotatable bonds is 9. The molecule has 4 nitrogen and oxygen atoms in total. The normalized spacial score (nSPS) is 14.1. The van der Waals surface area contributed by atoms with Crippen LogP contribution in [0.5, 0.6) is 0 Å². The zero-order valence-electron chi connectivity index (χ0n) is 16.1. The topological polar surface area (TPSA) is 72.5 Å². The Kier molecular flexibility index (Phi) is 8.61. The van der Waals surface area contributed by atoms with Crippen molar-refractivity contribution in [1.82, 2.24) is 0 Å². The van der Waals surface area contributed by atoms with Gasteiger partial charge in [0.05, 0.1) is 19.1 Å². The van der Waals surface area contributed by atoms with Crippen LogP contribution in [0.1, 0.15) is 56.2 Å². The van der Waals surface area contributed by atoms with Gasteiger partial charge in [-0.2, -0.15) is 0 Å². The fraction of sp³-hybridized carbons (Fsp3) is 0.550. The van der Waals surface area contributed by atoms with Crippen molar-refractivity contribution in [2.45, 2.75) is 53.1 Å². The molecule has 0 aromatic heterocycles. The number of carbonyl (C=O) groups is 1. The quantitative estimate of drug-likeness (QED) is 0.511. The first-order chi connectivity index (χ1) is 11.8. The molecule has 2 unspecified atom stereocenters. The van der Waals surface area contributed by atoms with Gasteiger partial charge in [0, 0.05) is 5.70 Å². The number of methoxy groups -OCH3 is 1. The lowest BCUT2D eigenvalue weighted by atomic mass is 9.72. The zero-order valence-corrected chi connectivity index (χ0v) is 17.1. The van der Waals surface area contributed by atoms with Crippen molar-refractivity contribution in [3.8, 4) is 0 Å². The number of ether oxygens (including phenoxy) is 1. The molecule has 5 heteroatoms. The number of carbonyl (C=O) groups excluding carboxylic acids is 1. The lowest BCUT2D eigenvalue weighted by Gasteiger charge is -2.33. The first kappa shape index (κ1) is 21.7. The molecule has 0 radical (unpaired) electrons. The average Bonchev–Trinajstić information content (AvgIpc) is 2.60. The van der Waals surface area contributed by atoms with Gasteiger partial charge in [0.25, 0.3) is 0 Å². The summed E-state index contributed by atoms with van der Waals surface area (Å²) in [5, 5.41) is 9.58. The van der Waals surface area contributed by atoms with Crippen LogP contribution >= 0.6 is 8.58 Å². The van der Waals surface area contributed by atoms with E-state index in [0.29, 0.717) is 0 Å². The lowest BCUT2D eigenvalue weighted by Crippen LogP contribution is -2.33. The Morgan fingerprint density at radius 3 is 2.68 bits per heavy atom. The van der Waals surface area contributed by atoms with E-state index in [0.717, 1.165) is 50.0 Å². The minimum atomic E-state index is -0.677. The number of benzene rings is 1. The zero-order chi connectivity index (χ0) is 19.0. The van der Waals surface area contributed by atoms with Gasteiger partial charge in [-0.1, -0.05) is 33.7 Å². The summed E-state index contributed by atoms with van der Waals surface area (Å²) in [4.78, 5) is 12.4. The molecule has 0 saturated carbocycles. The summed E-state index contributed by atoms with van der Waals surface area (Å²) in [5.41, 5.74) is 9.30. The summed E-state index contributed by atoms with van der Waals surface area (Å²) in [6.45, 7) is 7.92. The SMILES string of the molecule is CCP/C=C(\N)CCC(c1ccc(C)c(CO)c1)C(C)(C)C(=O)OC. The van der Waals surface area contributed by atoms with Crippen molar-refractivity contribution < 1.29 is 14.6 Å². The van der Waals surface area contributed by atoms with Gasteiger partial charge in [-0.25, -0.2) is 0 Å². The van der Waals surface area contributed by atoms with Crippen LogP contribution in [0.4, 0.5) is 0 Å². The standard InChI is InChI=1S/C20H32NO3P/c1-6-25-13-17(21)9-10-18(20(3,4)19(23)24-5)15-8-7-14(2)16(11-15)12-22/h7-8,11,13,18,22,25H,6,9-10,12,21H2,1-5H3/b17-13-. The third-order valence-electron chi connectivity index (χ3n) is 4.74. The molecule has 0 amide bonds. The minimum absolute atomic E-state index is 0.00922. The molecule has 25 heavy (non-hydrogen) atoms. The number of aryl methyl sites for hydroxylation is 1. The second-order valence-electron chi connectivity index (χ2n) is 6.93. The highest BCUT2D eigenvalue weighted by Crippen LogP contribution is 2.41. The van der Waals surface area contributed by atoms with Gasteiger partial charge < -0.3 is 15.6 Å². The van der Waals surface area contributed by atoms with E-state index in [2.05, 4.69) is 12.7 Å². The first-order valence-electron chi connectivity index (χ1n) is 8.74. The third kappa shape index (κ3) is 5.83. The maximum absolute atomic E-state index is 12.4. The number of esters is 1. The highest BCUT2D eigenvalue weighted by Gasteiger charge is 2.38. The Labute approximate surface area is 153 Å². The molecule has 3 N–H and O–H groups in total. The van der Waals surface area contributed by atoms with Crippen molar-refractivity contribution in [2.75, 3.05) is 13.3 Å². The van der Waals surface area contributed by atoms with E-state index >= 15 is 0 Å². The molecular formula is C20H32NO3P. The maximum Gasteiger partial charge on any atom is 0.311 e. The molecule has 1 rings (SSSR count). The van der Waals surface area contributed by atoms with Crippen LogP contribution < -0.4 is 5.73 Å². The Morgan fingerprint density at radius 2 is 2.12 bits per heavy atom. The summed E-state index contributed by atoms with van der Waals surface area (Å²) < 4.78 is 5.04. The molecule has 2 atom stereocenters. The fourth-order valence-corrected chi connectivity index (χ4v) is 3.65. The summed E-state index contributed by atoms with van der Waals surface area (Å²) in [7, 11) is 2.15. The van der Waals surface area contributed by atoms with Gasteiger partial charge in [-0.3, -0.25) is 4.79 Å². The van der Waals surface area contributed by atoms with Crippen LogP contribution in [0.3, 0.4) is 0 Å². The van der Waals surface area contributed by atoms with E-state index in [1.165, 1.54) is 7.11 Å². The maximum atomic E-state index is 12.4. The van der Waals surface area contributed by atoms with Gasteiger partial charge in [0.1, 0.15) is 0 Å². The number of aliphatic hydroxyl groups excluding tert-OH is 1. The summed E-state index contributed by atoms with van der Waals surface area (Å²) in [6.07, 6.45) is 2.59. The molecule has 140 valence electrons. The fourth-order valence-electron chi connectivity index (χ4n) is 3.04. The summed E-state index contributed by atoms with van der Waals surface area (Å²) in [5.74, 6) is 1.82. The molecule has 0 fully saturated rings. The number of nitrogens with two attached hydrogens (primary N) is 1. The Bertz CT molecular complexity index is 611. The second kappa shape index (κ2) is 9.94. The van der Waals surface area contributed by atoms with Crippen LogP contribution in [-0.2, 0) is 16.1 Å². The predicted molar refractivity (Wildman–Crippen MR) is 106 cm³/mol. The lowest BCUT2D eigenvalue weighted by molar-refractivity contribution is -0.152. The molecule has 1 aromatic carbocycles. The Balaban J connectivity index is 3.17. The monoisotopic (exact) mass is 365 g/mol. The van der Waals surface area contributed by atoms with Gasteiger partial charge in [0.15, 0.2) is 0 Å². The predicted octanol–water partition coefficient (Wildman–Crippen LogP) is 4.05. The molecule has 0 saturated heterocycles. The van der Waals surface area contributed by atoms with Crippen LogP contribution in [0.15, 0.2) is 29.7 Å². The van der Waals surface area contributed by atoms with Crippen LogP contribution in [0, 0.1) is 12.3 Å². The summed E-state index contributed by atoms with van der Waals surface area (Å²) >= 11 is 0. The van der Waals surface area contributed by atoms with Gasteiger partial charge >= 0.3 is 5.97 Å². The summed E-state index contributed by atoms with van der Waals surface area (Å²) in [6, 6.07) is 6.04. The number of allylic oxidation sites excluding steroid dienone is 1. The molecule has 0 bridgehead atoms. The van der Waals surface area contributed by atoms with E-state index in [-0.39, 0.29) is 18.5 Å². The first-order valence-corrected chi connectivity index (χ1v) is 10.0. The van der Waals surface area contributed by atoms with Crippen LogP contribution in [0.2, 0.25) is 0 Å². The molecular weight excluding hydrogens is 333 g/mol.